The first-order valence-corrected chi connectivity index (χ1v) is 4.05. The summed E-state index contributed by atoms with van der Waals surface area (Å²) in [6, 6.07) is 2.07. The number of benzene rings is 1. The Morgan fingerprint density at radius 1 is 1.33 bits per heavy atom. The summed E-state index contributed by atoms with van der Waals surface area (Å²) in [5.74, 6) is -0.738. The van der Waals surface area contributed by atoms with Gasteiger partial charge in [-0.3, -0.25) is 0 Å². The van der Waals surface area contributed by atoms with Gasteiger partial charge in [0.2, 0.25) is 0 Å². The summed E-state index contributed by atoms with van der Waals surface area (Å²) in [5.41, 5.74) is 5.22. The SMILES string of the molecule is Cc1cc(F)c(N)cc1OCC(F)(F)F. The molecule has 0 spiro atoms. The summed E-state index contributed by atoms with van der Waals surface area (Å²) in [4.78, 5) is 0. The van der Waals surface area contributed by atoms with Crippen LogP contribution in [0.5, 0.6) is 5.75 Å². The zero-order chi connectivity index (χ0) is 11.6. The molecule has 0 aliphatic heterocycles. The molecule has 15 heavy (non-hydrogen) atoms. The summed E-state index contributed by atoms with van der Waals surface area (Å²) >= 11 is 0. The quantitative estimate of drug-likeness (QED) is 0.618. The fourth-order valence-corrected chi connectivity index (χ4v) is 0.984. The maximum Gasteiger partial charge on any atom is 0.422 e. The number of nitrogens with two attached hydrogens (primary N) is 1. The zero-order valence-electron chi connectivity index (χ0n) is 7.86. The number of aryl methyl sites for hydroxylation is 1. The van der Waals surface area contributed by atoms with Gasteiger partial charge in [-0.15, -0.1) is 0 Å². The van der Waals surface area contributed by atoms with E-state index in [0.717, 1.165) is 12.1 Å². The van der Waals surface area contributed by atoms with Crippen LogP contribution in [0.25, 0.3) is 0 Å². The molecule has 6 heteroatoms. The number of alkyl halides is 3. The maximum atomic E-state index is 12.8. The zero-order valence-corrected chi connectivity index (χ0v) is 7.86. The summed E-state index contributed by atoms with van der Waals surface area (Å²) in [5, 5.41) is 0. The Morgan fingerprint density at radius 2 is 1.93 bits per heavy atom. The van der Waals surface area contributed by atoms with Crippen molar-refractivity contribution in [3.63, 3.8) is 0 Å². The number of halogens is 4. The van der Waals surface area contributed by atoms with E-state index < -0.39 is 18.6 Å². The predicted octanol–water partition coefficient (Wildman–Crippen LogP) is 2.66. The first kappa shape index (κ1) is 11.6. The molecule has 0 atom stereocenters. The highest BCUT2D eigenvalue weighted by atomic mass is 19.4. The van der Waals surface area contributed by atoms with E-state index in [-0.39, 0.29) is 17.0 Å². The molecule has 0 aliphatic rings. The number of nitrogen functional groups attached to an aromatic ring is 1. The standard InChI is InChI=1S/C9H9F4NO/c1-5-2-6(10)7(14)3-8(5)15-4-9(11,12)13/h2-3H,4,14H2,1H3. The van der Waals surface area contributed by atoms with Crippen LogP contribution in [0, 0.1) is 12.7 Å². The molecular weight excluding hydrogens is 214 g/mol. The van der Waals surface area contributed by atoms with Crippen LogP contribution in [0.4, 0.5) is 23.2 Å². The Balaban J connectivity index is 2.82. The monoisotopic (exact) mass is 223 g/mol. The van der Waals surface area contributed by atoms with Crippen molar-refractivity contribution in [3.05, 3.63) is 23.5 Å². The minimum atomic E-state index is -4.42. The van der Waals surface area contributed by atoms with E-state index in [1.165, 1.54) is 6.92 Å². The molecule has 0 saturated carbocycles. The average Bonchev–Trinajstić information content (AvgIpc) is 2.07. The number of anilines is 1. The largest absolute Gasteiger partial charge is 0.484 e. The highest BCUT2D eigenvalue weighted by molar-refractivity contribution is 5.49. The Morgan fingerprint density at radius 3 is 2.47 bits per heavy atom. The van der Waals surface area contributed by atoms with E-state index in [1.54, 1.807) is 0 Å². The fraction of sp³-hybridized carbons (Fsp3) is 0.333. The molecule has 0 amide bonds. The van der Waals surface area contributed by atoms with Crippen molar-refractivity contribution in [1.29, 1.82) is 0 Å². The second-order valence-electron chi connectivity index (χ2n) is 3.04. The van der Waals surface area contributed by atoms with Crippen LogP contribution in [0.3, 0.4) is 0 Å². The van der Waals surface area contributed by atoms with Crippen molar-refractivity contribution in [3.8, 4) is 5.75 Å². The Hall–Kier alpha value is -1.46. The minimum absolute atomic E-state index is 0.0637. The van der Waals surface area contributed by atoms with Gasteiger partial charge in [-0.1, -0.05) is 0 Å². The third-order valence-electron chi connectivity index (χ3n) is 1.69. The van der Waals surface area contributed by atoms with Crippen LogP contribution in [-0.2, 0) is 0 Å². The van der Waals surface area contributed by atoms with Gasteiger partial charge >= 0.3 is 6.18 Å². The smallest absolute Gasteiger partial charge is 0.422 e. The Bertz CT molecular complexity index is 362. The molecule has 1 aromatic carbocycles. The number of hydrogen-bond acceptors (Lipinski definition) is 2. The highest BCUT2D eigenvalue weighted by Gasteiger charge is 2.28. The van der Waals surface area contributed by atoms with E-state index in [1.807, 2.05) is 0 Å². The van der Waals surface area contributed by atoms with Crippen LogP contribution < -0.4 is 10.5 Å². The second-order valence-corrected chi connectivity index (χ2v) is 3.04. The van der Waals surface area contributed by atoms with Crippen molar-refractivity contribution in [2.75, 3.05) is 12.3 Å². The molecule has 0 aliphatic carbocycles. The lowest BCUT2D eigenvalue weighted by molar-refractivity contribution is -0.153. The first-order chi connectivity index (χ1) is 6.79. The van der Waals surface area contributed by atoms with Gasteiger partial charge in [-0.2, -0.15) is 13.2 Å². The molecule has 0 fully saturated rings. The number of rotatable bonds is 2. The van der Waals surface area contributed by atoms with Crippen molar-refractivity contribution >= 4 is 5.69 Å². The molecule has 84 valence electrons. The van der Waals surface area contributed by atoms with Crippen molar-refractivity contribution in [2.24, 2.45) is 0 Å². The van der Waals surface area contributed by atoms with Crippen LogP contribution in [0.1, 0.15) is 5.56 Å². The van der Waals surface area contributed by atoms with E-state index in [0.29, 0.717) is 0 Å². The van der Waals surface area contributed by atoms with Gasteiger partial charge in [0.1, 0.15) is 11.6 Å². The summed E-state index contributed by atoms with van der Waals surface area (Å²) in [6.07, 6.45) is -4.42. The van der Waals surface area contributed by atoms with Gasteiger partial charge in [-0.25, -0.2) is 4.39 Å². The lowest BCUT2D eigenvalue weighted by atomic mass is 10.2. The summed E-state index contributed by atoms with van der Waals surface area (Å²) < 4.78 is 52.8. The third kappa shape index (κ3) is 3.30. The molecule has 0 bridgehead atoms. The van der Waals surface area contributed by atoms with Gasteiger partial charge in [0.05, 0.1) is 5.69 Å². The molecule has 2 nitrogen and oxygen atoms in total. The normalized spacial score (nSPS) is 11.5. The molecule has 0 unspecified atom stereocenters. The summed E-state index contributed by atoms with van der Waals surface area (Å²) in [6.45, 7) is 0.0210. The molecular formula is C9H9F4NO. The van der Waals surface area contributed by atoms with E-state index in [9.17, 15) is 17.6 Å². The van der Waals surface area contributed by atoms with E-state index >= 15 is 0 Å². The maximum absolute atomic E-state index is 12.8. The van der Waals surface area contributed by atoms with Gasteiger partial charge in [0.15, 0.2) is 6.61 Å². The Labute approximate surface area is 83.6 Å². The summed E-state index contributed by atoms with van der Waals surface area (Å²) in [7, 11) is 0. The molecule has 2 N–H and O–H groups in total. The van der Waals surface area contributed by atoms with E-state index in [2.05, 4.69) is 4.74 Å². The third-order valence-corrected chi connectivity index (χ3v) is 1.69. The van der Waals surface area contributed by atoms with Gasteiger partial charge < -0.3 is 10.5 Å². The second kappa shape index (κ2) is 3.96. The molecule has 0 saturated heterocycles. The Kier molecular flexibility index (Phi) is 3.06. The molecule has 1 rings (SSSR count). The predicted molar refractivity (Wildman–Crippen MR) is 47.1 cm³/mol. The average molecular weight is 223 g/mol. The van der Waals surface area contributed by atoms with Gasteiger partial charge in [0, 0.05) is 6.07 Å². The number of ether oxygens (including phenoxy) is 1. The molecule has 0 aromatic heterocycles. The van der Waals surface area contributed by atoms with Gasteiger partial charge in [-0.05, 0) is 18.6 Å². The molecule has 1 aromatic rings. The lowest BCUT2D eigenvalue weighted by Gasteiger charge is -2.12. The van der Waals surface area contributed by atoms with E-state index in [4.69, 9.17) is 5.73 Å². The lowest BCUT2D eigenvalue weighted by Crippen LogP contribution is -2.19. The topological polar surface area (TPSA) is 35.2 Å². The minimum Gasteiger partial charge on any atom is -0.484 e. The van der Waals surface area contributed by atoms with Crippen molar-refractivity contribution in [2.45, 2.75) is 13.1 Å². The molecule has 0 radical (unpaired) electrons. The first-order valence-electron chi connectivity index (χ1n) is 4.05. The van der Waals surface area contributed by atoms with Crippen LogP contribution in [-0.4, -0.2) is 12.8 Å². The number of hydrogen-bond donors (Lipinski definition) is 1. The van der Waals surface area contributed by atoms with Gasteiger partial charge in [0.25, 0.3) is 0 Å². The van der Waals surface area contributed by atoms with Crippen molar-refractivity contribution in [1.82, 2.24) is 0 Å². The van der Waals surface area contributed by atoms with Crippen LogP contribution in [0.2, 0.25) is 0 Å². The van der Waals surface area contributed by atoms with Crippen molar-refractivity contribution < 1.29 is 22.3 Å². The highest BCUT2D eigenvalue weighted by Crippen LogP contribution is 2.25. The molecule has 0 heterocycles. The van der Waals surface area contributed by atoms with Crippen LogP contribution in [0.15, 0.2) is 12.1 Å². The fourth-order valence-electron chi connectivity index (χ4n) is 0.984. The van der Waals surface area contributed by atoms with Crippen LogP contribution >= 0.6 is 0 Å².